The zero-order chi connectivity index (χ0) is 11.6. The van der Waals surface area contributed by atoms with Crippen LogP contribution in [0.4, 0.5) is 0 Å². The summed E-state index contributed by atoms with van der Waals surface area (Å²) in [5.74, 6) is 0.473. The molecule has 0 N–H and O–H groups in total. The lowest BCUT2D eigenvalue weighted by Crippen LogP contribution is -2.07. The van der Waals surface area contributed by atoms with Gasteiger partial charge in [-0.05, 0) is 6.07 Å². The summed E-state index contributed by atoms with van der Waals surface area (Å²) in [4.78, 5) is 0. The molecular formula is C10H15ClN2O3. The van der Waals surface area contributed by atoms with E-state index in [1.807, 2.05) is 0 Å². The number of ether oxygens (including phenoxy) is 3. The predicted octanol–water partition coefficient (Wildman–Crippen LogP) is 1.56. The number of aromatic nitrogens is 2. The quantitative estimate of drug-likeness (QED) is 0.652. The van der Waals surface area contributed by atoms with Crippen LogP contribution in [0.15, 0.2) is 12.1 Å². The summed E-state index contributed by atoms with van der Waals surface area (Å²) in [5.41, 5.74) is 0. The summed E-state index contributed by atoms with van der Waals surface area (Å²) in [6, 6.07) is 3.32. The second-order valence-electron chi connectivity index (χ2n) is 3.00. The molecule has 1 aromatic rings. The van der Waals surface area contributed by atoms with Gasteiger partial charge in [-0.15, -0.1) is 10.2 Å². The molecule has 1 heterocycles. The predicted molar refractivity (Wildman–Crippen MR) is 59.8 cm³/mol. The minimum absolute atomic E-state index is 0.357. The van der Waals surface area contributed by atoms with Crippen LogP contribution in [-0.2, 0) is 9.47 Å². The molecule has 6 heteroatoms. The van der Waals surface area contributed by atoms with Crippen molar-refractivity contribution in [3.63, 3.8) is 0 Å². The van der Waals surface area contributed by atoms with Gasteiger partial charge in [0.05, 0.1) is 19.8 Å². The van der Waals surface area contributed by atoms with Crippen LogP contribution in [0.1, 0.15) is 6.42 Å². The first-order valence-electron chi connectivity index (χ1n) is 5.01. The number of hydrogen-bond acceptors (Lipinski definition) is 5. The van der Waals surface area contributed by atoms with Gasteiger partial charge in [0.25, 0.3) is 0 Å². The normalized spacial score (nSPS) is 10.4. The fraction of sp³-hybridized carbons (Fsp3) is 0.600. The molecule has 0 bridgehead atoms. The molecule has 0 aliphatic heterocycles. The Balaban J connectivity index is 2.01. The highest BCUT2D eigenvalue weighted by Crippen LogP contribution is 2.08. The van der Waals surface area contributed by atoms with Crippen LogP contribution in [0.2, 0.25) is 5.15 Å². The molecule has 0 spiro atoms. The second-order valence-corrected chi connectivity index (χ2v) is 3.39. The van der Waals surface area contributed by atoms with E-state index in [0.29, 0.717) is 37.5 Å². The van der Waals surface area contributed by atoms with Crippen LogP contribution in [0.3, 0.4) is 0 Å². The Hall–Kier alpha value is -0.910. The molecule has 0 saturated carbocycles. The molecule has 0 saturated heterocycles. The molecule has 0 unspecified atom stereocenters. The Kier molecular flexibility index (Phi) is 6.80. The average molecular weight is 247 g/mol. The summed E-state index contributed by atoms with van der Waals surface area (Å²) in [6.07, 6.45) is 0.800. The molecule has 1 aromatic heterocycles. The molecule has 16 heavy (non-hydrogen) atoms. The van der Waals surface area contributed by atoms with Gasteiger partial charge < -0.3 is 14.2 Å². The smallest absolute Gasteiger partial charge is 0.233 e. The molecule has 0 aliphatic rings. The fourth-order valence-corrected chi connectivity index (χ4v) is 1.06. The SMILES string of the molecule is COCCOCCCOc1ccc(Cl)nn1. The zero-order valence-corrected chi connectivity index (χ0v) is 9.94. The summed E-state index contributed by atoms with van der Waals surface area (Å²) < 4.78 is 15.4. The van der Waals surface area contributed by atoms with E-state index in [1.165, 1.54) is 0 Å². The number of methoxy groups -OCH3 is 1. The van der Waals surface area contributed by atoms with E-state index in [9.17, 15) is 0 Å². The van der Waals surface area contributed by atoms with Crippen molar-refractivity contribution < 1.29 is 14.2 Å². The van der Waals surface area contributed by atoms with Crippen LogP contribution in [0, 0.1) is 0 Å². The highest BCUT2D eigenvalue weighted by molar-refractivity contribution is 6.29. The van der Waals surface area contributed by atoms with Crippen molar-refractivity contribution in [2.24, 2.45) is 0 Å². The highest BCUT2D eigenvalue weighted by atomic mass is 35.5. The van der Waals surface area contributed by atoms with Crippen molar-refractivity contribution in [2.75, 3.05) is 33.5 Å². The van der Waals surface area contributed by atoms with Gasteiger partial charge in [-0.25, -0.2) is 0 Å². The molecule has 0 atom stereocenters. The zero-order valence-electron chi connectivity index (χ0n) is 9.19. The lowest BCUT2D eigenvalue weighted by Gasteiger charge is -2.05. The van der Waals surface area contributed by atoms with E-state index in [-0.39, 0.29) is 0 Å². The van der Waals surface area contributed by atoms with Gasteiger partial charge in [0.15, 0.2) is 5.15 Å². The standard InChI is InChI=1S/C10H15ClN2O3/c1-14-7-8-15-5-2-6-16-10-4-3-9(11)12-13-10/h3-4H,2,5-8H2,1H3. The second kappa shape index (κ2) is 8.27. The van der Waals surface area contributed by atoms with Crippen molar-refractivity contribution in [3.05, 3.63) is 17.3 Å². The summed E-state index contributed by atoms with van der Waals surface area (Å²) in [7, 11) is 1.64. The third kappa shape index (κ3) is 5.85. The Morgan fingerprint density at radius 3 is 2.69 bits per heavy atom. The van der Waals surface area contributed by atoms with Crippen molar-refractivity contribution in [1.82, 2.24) is 10.2 Å². The van der Waals surface area contributed by atoms with E-state index < -0.39 is 0 Å². The topological polar surface area (TPSA) is 53.5 Å². The molecule has 0 amide bonds. The molecule has 0 aliphatic carbocycles. The summed E-state index contributed by atoms with van der Waals surface area (Å²) >= 11 is 5.58. The summed E-state index contributed by atoms with van der Waals surface area (Å²) in [5, 5.41) is 7.78. The average Bonchev–Trinajstić information content (AvgIpc) is 2.30. The molecule has 5 nitrogen and oxygen atoms in total. The van der Waals surface area contributed by atoms with Gasteiger partial charge in [-0.2, -0.15) is 0 Å². The maximum Gasteiger partial charge on any atom is 0.233 e. The highest BCUT2D eigenvalue weighted by Gasteiger charge is 1.96. The summed E-state index contributed by atoms with van der Waals surface area (Å²) in [6.45, 7) is 2.41. The molecule has 0 aromatic carbocycles. The minimum atomic E-state index is 0.357. The maximum atomic E-state index is 5.58. The van der Waals surface area contributed by atoms with Gasteiger partial charge in [0.2, 0.25) is 5.88 Å². The van der Waals surface area contributed by atoms with Crippen LogP contribution >= 0.6 is 11.6 Å². The van der Waals surface area contributed by atoms with Crippen LogP contribution < -0.4 is 4.74 Å². The van der Waals surface area contributed by atoms with E-state index in [1.54, 1.807) is 19.2 Å². The molecule has 0 fully saturated rings. The van der Waals surface area contributed by atoms with E-state index in [0.717, 1.165) is 6.42 Å². The minimum Gasteiger partial charge on any atom is -0.477 e. The first-order valence-corrected chi connectivity index (χ1v) is 5.39. The van der Waals surface area contributed by atoms with Gasteiger partial charge in [-0.3, -0.25) is 0 Å². The van der Waals surface area contributed by atoms with Crippen LogP contribution in [0.5, 0.6) is 5.88 Å². The van der Waals surface area contributed by atoms with Crippen molar-refractivity contribution in [1.29, 1.82) is 0 Å². The number of hydrogen-bond donors (Lipinski definition) is 0. The Morgan fingerprint density at radius 2 is 2.00 bits per heavy atom. The van der Waals surface area contributed by atoms with Crippen LogP contribution in [-0.4, -0.2) is 43.7 Å². The van der Waals surface area contributed by atoms with Crippen molar-refractivity contribution in [3.8, 4) is 5.88 Å². The largest absolute Gasteiger partial charge is 0.477 e. The van der Waals surface area contributed by atoms with Crippen molar-refractivity contribution in [2.45, 2.75) is 6.42 Å². The number of nitrogens with zero attached hydrogens (tertiary/aromatic N) is 2. The van der Waals surface area contributed by atoms with Gasteiger partial charge in [0.1, 0.15) is 0 Å². The third-order valence-corrected chi connectivity index (χ3v) is 1.92. The van der Waals surface area contributed by atoms with Gasteiger partial charge in [-0.1, -0.05) is 11.6 Å². The first kappa shape index (κ1) is 13.2. The number of halogens is 1. The Labute approximate surface area is 99.7 Å². The lowest BCUT2D eigenvalue weighted by atomic mass is 10.5. The lowest BCUT2D eigenvalue weighted by molar-refractivity contribution is 0.0641. The third-order valence-electron chi connectivity index (χ3n) is 1.72. The van der Waals surface area contributed by atoms with E-state index >= 15 is 0 Å². The Bertz CT molecular complexity index is 282. The number of rotatable bonds is 8. The molecular weight excluding hydrogens is 232 g/mol. The van der Waals surface area contributed by atoms with Crippen LogP contribution in [0.25, 0.3) is 0 Å². The monoisotopic (exact) mass is 246 g/mol. The molecule has 0 radical (unpaired) electrons. The van der Waals surface area contributed by atoms with Crippen molar-refractivity contribution >= 4 is 11.6 Å². The fourth-order valence-electron chi connectivity index (χ4n) is 0.963. The molecule has 90 valence electrons. The van der Waals surface area contributed by atoms with E-state index in [4.69, 9.17) is 25.8 Å². The van der Waals surface area contributed by atoms with Gasteiger partial charge >= 0.3 is 0 Å². The maximum absolute atomic E-state index is 5.58. The van der Waals surface area contributed by atoms with Gasteiger partial charge in [0, 0.05) is 26.2 Å². The molecule has 1 rings (SSSR count). The Morgan fingerprint density at radius 1 is 1.12 bits per heavy atom. The first-order chi connectivity index (χ1) is 7.83. The van der Waals surface area contributed by atoms with E-state index in [2.05, 4.69) is 10.2 Å².